The van der Waals surface area contributed by atoms with Gasteiger partial charge in [-0.15, -0.1) is 4.72 Å². The zero-order valence-electron chi connectivity index (χ0n) is 20.1. The van der Waals surface area contributed by atoms with Gasteiger partial charge in [0.25, 0.3) is 0 Å². The Morgan fingerprint density at radius 1 is 1.26 bits per heavy atom. The Hall–Kier alpha value is -1.13. The van der Waals surface area contributed by atoms with Crippen LogP contribution < -0.4 is 10.2 Å². The molecular weight excluding hydrogens is 420 g/mol. The van der Waals surface area contributed by atoms with Crippen LogP contribution in [0.3, 0.4) is 0 Å². The first-order chi connectivity index (χ1) is 14.1. The molecule has 174 valence electrons. The Balaban J connectivity index is 2.46. The number of carbonyl (C=O) groups excluding carboxylic acids is 1. The van der Waals surface area contributed by atoms with Crippen LogP contribution in [0.4, 0.5) is 4.39 Å². The molecule has 1 unspecified atom stereocenters. The van der Waals surface area contributed by atoms with Gasteiger partial charge in [0.1, 0.15) is 10.6 Å². The van der Waals surface area contributed by atoms with Gasteiger partial charge in [0, 0.05) is 16.9 Å². The van der Waals surface area contributed by atoms with E-state index in [1.54, 1.807) is 46.8 Å². The molecule has 31 heavy (non-hydrogen) atoms. The molecular formula is C22H35BFNO5S. The summed E-state index contributed by atoms with van der Waals surface area (Å²) in [4.78, 5) is 12.2. The first kappa shape index (κ1) is 26.1. The first-order valence-electron chi connectivity index (χ1n) is 10.6. The van der Waals surface area contributed by atoms with Crippen LogP contribution in [0.2, 0.25) is 0 Å². The van der Waals surface area contributed by atoms with Crippen molar-refractivity contribution < 1.29 is 27.8 Å². The van der Waals surface area contributed by atoms with Crippen LogP contribution in [0.1, 0.15) is 79.0 Å². The van der Waals surface area contributed by atoms with E-state index in [0.717, 1.165) is 0 Å². The average molecular weight is 455 g/mol. The van der Waals surface area contributed by atoms with Gasteiger partial charge in [0.2, 0.25) is 0 Å². The Bertz CT molecular complexity index is 796. The van der Waals surface area contributed by atoms with Crippen LogP contribution in [0, 0.1) is 12.7 Å². The summed E-state index contributed by atoms with van der Waals surface area (Å²) in [6.45, 7) is 16.8. The molecule has 2 atom stereocenters. The lowest BCUT2D eigenvalue weighted by Crippen LogP contribution is -2.43. The fourth-order valence-electron chi connectivity index (χ4n) is 3.10. The highest BCUT2D eigenvalue weighted by Gasteiger charge is 2.52. The fraction of sp³-hybridized carbons (Fsp3) is 0.682. The van der Waals surface area contributed by atoms with E-state index < -0.39 is 52.3 Å². The van der Waals surface area contributed by atoms with Crippen LogP contribution in [-0.4, -0.2) is 40.2 Å². The molecule has 1 fully saturated rings. The number of aryl methyl sites for hydroxylation is 1. The second-order valence-electron chi connectivity index (χ2n) is 9.89. The van der Waals surface area contributed by atoms with E-state index in [1.165, 1.54) is 0 Å². The third kappa shape index (κ3) is 6.02. The van der Waals surface area contributed by atoms with Crippen LogP contribution in [0.15, 0.2) is 12.1 Å². The molecule has 0 radical (unpaired) electrons. The van der Waals surface area contributed by atoms with Crippen LogP contribution in [-0.2, 0) is 30.2 Å². The van der Waals surface area contributed by atoms with E-state index in [9.17, 15) is 9.35 Å². The summed E-state index contributed by atoms with van der Waals surface area (Å²) in [5.41, 5.74) is 0.173. The van der Waals surface area contributed by atoms with Crippen molar-refractivity contribution in [1.82, 2.24) is 4.72 Å². The molecule has 1 N–H and O–H groups in total. The summed E-state index contributed by atoms with van der Waals surface area (Å²) in [5.74, 6) is -0.961. The lowest BCUT2D eigenvalue weighted by molar-refractivity contribution is -0.143. The van der Waals surface area contributed by atoms with Crippen molar-refractivity contribution in [3.8, 4) is 0 Å². The van der Waals surface area contributed by atoms with Gasteiger partial charge in [-0.25, -0.2) is 4.39 Å². The van der Waals surface area contributed by atoms with Crippen molar-refractivity contribution in [3.05, 3.63) is 29.1 Å². The van der Waals surface area contributed by atoms with Crippen molar-refractivity contribution in [2.24, 2.45) is 0 Å². The second-order valence-corrected chi connectivity index (χ2v) is 11.9. The highest BCUT2D eigenvalue weighted by Crippen LogP contribution is 2.37. The zero-order valence-corrected chi connectivity index (χ0v) is 20.9. The predicted octanol–water partition coefficient (Wildman–Crippen LogP) is 3.48. The Morgan fingerprint density at radius 3 is 2.29 bits per heavy atom. The van der Waals surface area contributed by atoms with Crippen LogP contribution in [0.5, 0.6) is 0 Å². The van der Waals surface area contributed by atoms with Gasteiger partial charge in [-0.2, -0.15) is 0 Å². The van der Waals surface area contributed by atoms with E-state index in [2.05, 4.69) is 4.72 Å². The molecule has 1 saturated heterocycles. The summed E-state index contributed by atoms with van der Waals surface area (Å²) < 4.78 is 47.6. The number of nitrogens with one attached hydrogen (secondary N) is 1. The molecule has 0 aliphatic carbocycles. The van der Waals surface area contributed by atoms with E-state index in [1.807, 2.05) is 27.7 Å². The topological polar surface area (TPSA) is 79.9 Å². The van der Waals surface area contributed by atoms with Gasteiger partial charge in [-0.05, 0) is 73.3 Å². The van der Waals surface area contributed by atoms with Crippen molar-refractivity contribution >= 4 is 29.9 Å². The number of halogens is 1. The lowest BCUT2D eigenvalue weighted by Gasteiger charge is -2.32. The minimum absolute atomic E-state index is 0.154. The highest BCUT2D eigenvalue weighted by atomic mass is 32.2. The summed E-state index contributed by atoms with van der Waals surface area (Å²) in [7, 11) is -0.681. The smallest absolute Gasteiger partial charge is 0.494 e. The van der Waals surface area contributed by atoms with Gasteiger partial charge in [0.15, 0.2) is 0 Å². The SMILES string of the molecule is CCOC(=O)C[C@H](N[S+]([O-])C(C)(C)C)c1cc(B2OC(C)(C)C(C)(C)O2)cc(C)c1F. The van der Waals surface area contributed by atoms with Crippen molar-refractivity contribution in [2.75, 3.05) is 6.61 Å². The molecule has 6 nitrogen and oxygen atoms in total. The van der Waals surface area contributed by atoms with E-state index in [0.29, 0.717) is 11.0 Å². The van der Waals surface area contributed by atoms with Gasteiger partial charge in [-0.1, -0.05) is 12.1 Å². The van der Waals surface area contributed by atoms with E-state index >= 15 is 4.39 Å². The average Bonchev–Trinajstić information content (AvgIpc) is 2.83. The summed E-state index contributed by atoms with van der Waals surface area (Å²) in [6, 6.07) is 2.48. The van der Waals surface area contributed by atoms with Crippen LogP contribution >= 0.6 is 0 Å². The number of hydrogen-bond donors (Lipinski definition) is 1. The third-order valence-electron chi connectivity index (χ3n) is 5.69. The predicted molar refractivity (Wildman–Crippen MR) is 122 cm³/mol. The molecule has 1 aromatic carbocycles. The zero-order chi connectivity index (χ0) is 23.8. The van der Waals surface area contributed by atoms with Gasteiger partial charge < -0.3 is 18.6 Å². The maximum atomic E-state index is 15.2. The Labute approximate surface area is 189 Å². The minimum atomic E-state index is -1.52. The minimum Gasteiger partial charge on any atom is -0.598 e. The fourth-order valence-corrected chi connectivity index (χ4v) is 3.92. The molecule has 0 spiro atoms. The molecule has 1 aliphatic heterocycles. The summed E-state index contributed by atoms with van der Waals surface area (Å²) >= 11 is -1.52. The maximum Gasteiger partial charge on any atom is 0.494 e. The van der Waals surface area contributed by atoms with E-state index in [4.69, 9.17) is 14.0 Å². The number of esters is 1. The molecule has 1 aromatic rings. The molecule has 0 saturated carbocycles. The largest absolute Gasteiger partial charge is 0.598 e. The molecule has 1 aliphatic rings. The molecule has 0 aromatic heterocycles. The van der Waals surface area contributed by atoms with Crippen LogP contribution in [0.25, 0.3) is 0 Å². The monoisotopic (exact) mass is 455 g/mol. The summed E-state index contributed by atoms with van der Waals surface area (Å²) in [6.07, 6.45) is -0.154. The number of hydrogen-bond acceptors (Lipinski definition) is 6. The van der Waals surface area contributed by atoms with Crippen molar-refractivity contribution in [3.63, 3.8) is 0 Å². The van der Waals surface area contributed by atoms with Gasteiger partial charge >= 0.3 is 13.1 Å². The normalized spacial score (nSPS) is 19.9. The van der Waals surface area contributed by atoms with Gasteiger partial charge in [-0.3, -0.25) is 4.79 Å². The Kier molecular flexibility index (Phi) is 7.92. The molecule has 2 rings (SSSR count). The number of rotatable bonds is 7. The van der Waals surface area contributed by atoms with Crippen molar-refractivity contribution in [1.29, 1.82) is 0 Å². The number of ether oxygens (including phenoxy) is 1. The maximum absolute atomic E-state index is 15.2. The molecule has 0 bridgehead atoms. The first-order valence-corrected chi connectivity index (χ1v) is 11.7. The highest BCUT2D eigenvalue weighted by molar-refractivity contribution is 7.90. The van der Waals surface area contributed by atoms with E-state index in [-0.39, 0.29) is 18.6 Å². The standard InChI is InChI=1S/C22H35BFNO5S/c1-10-28-18(26)13-17(25-31(27)20(3,4)5)16-12-15(11-14(2)19(16)24)23-29-21(6,7)22(8,9)30-23/h11-12,17,25H,10,13H2,1-9H3/t17-,31?/m0/s1. The van der Waals surface area contributed by atoms with Gasteiger partial charge in [0.05, 0.1) is 30.3 Å². The quantitative estimate of drug-likeness (QED) is 0.385. The Morgan fingerprint density at radius 2 is 1.81 bits per heavy atom. The van der Waals surface area contributed by atoms with Crippen molar-refractivity contribution in [2.45, 2.75) is 90.7 Å². The number of benzene rings is 1. The molecule has 9 heteroatoms. The number of carbonyl (C=O) groups is 1. The molecule has 1 heterocycles. The summed E-state index contributed by atoms with van der Waals surface area (Å²) in [5, 5.41) is 0. The lowest BCUT2D eigenvalue weighted by atomic mass is 9.76. The third-order valence-corrected chi connectivity index (χ3v) is 7.30. The second kappa shape index (κ2) is 9.39. The molecule has 0 amide bonds.